The zero-order valence-corrected chi connectivity index (χ0v) is 14.2. The van der Waals surface area contributed by atoms with Crippen LogP contribution in [-0.2, 0) is 6.42 Å². The maximum atomic E-state index is 12.9. The van der Waals surface area contributed by atoms with Crippen molar-refractivity contribution >= 4 is 38.9 Å². The van der Waals surface area contributed by atoms with Gasteiger partial charge in [-0.1, -0.05) is 22.9 Å². The van der Waals surface area contributed by atoms with Crippen molar-refractivity contribution in [2.45, 2.75) is 25.8 Å². The van der Waals surface area contributed by atoms with Crippen molar-refractivity contribution in [1.29, 1.82) is 0 Å². The van der Waals surface area contributed by atoms with Crippen LogP contribution in [0.3, 0.4) is 0 Å². The van der Waals surface area contributed by atoms with Gasteiger partial charge in [0.2, 0.25) is 0 Å². The van der Waals surface area contributed by atoms with E-state index in [-0.39, 0.29) is 11.9 Å². The maximum Gasteiger partial charge on any atom is 0.256 e. The monoisotopic (exact) mass is 364 g/mol. The van der Waals surface area contributed by atoms with E-state index in [4.69, 9.17) is 5.73 Å². The summed E-state index contributed by atoms with van der Waals surface area (Å²) in [6.07, 6.45) is 1.86. The fraction of sp³-hybridized carbons (Fsp3) is 0.312. The number of thiophene rings is 1. The van der Waals surface area contributed by atoms with Crippen LogP contribution < -0.4 is 5.73 Å². The summed E-state index contributed by atoms with van der Waals surface area (Å²) in [5.74, 6) is 0.0312. The highest BCUT2D eigenvalue weighted by molar-refractivity contribution is 9.10. The van der Waals surface area contributed by atoms with Gasteiger partial charge in [0, 0.05) is 21.6 Å². The van der Waals surface area contributed by atoms with E-state index in [0.29, 0.717) is 11.3 Å². The molecule has 1 aliphatic heterocycles. The van der Waals surface area contributed by atoms with Crippen molar-refractivity contribution in [2.75, 3.05) is 12.3 Å². The van der Waals surface area contributed by atoms with Gasteiger partial charge >= 0.3 is 0 Å². The molecule has 1 aromatic heterocycles. The van der Waals surface area contributed by atoms with Gasteiger partial charge < -0.3 is 10.6 Å². The van der Waals surface area contributed by atoms with Crippen LogP contribution in [0.1, 0.15) is 40.2 Å². The number of nitrogens with two attached hydrogens (primary N) is 1. The molecule has 5 heteroatoms. The lowest BCUT2D eigenvalue weighted by Gasteiger charge is -2.35. The molecule has 0 saturated heterocycles. The molecule has 0 aliphatic carbocycles. The van der Waals surface area contributed by atoms with Gasteiger partial charge in [-0.05, 0) is 48.1 Å². The Kier molecular flexibility index (Phi) is 4.04. The number of amides is 1. The van der Waals surface area contributed by atoms with Crippen molar-refractivity contribution in [3.8, 4) is 0 Å². The van der Waals surface area contributed by atoms with Gasteiger partial charge in [-0.3, -0.25) is 4.79 Å². The second-order valence-corrected chi connectivity index (χ2v) is 7.12. The summed E-state index contributed by atoms with van der Waals surface area (Å²) in [7, 11) is 0. The summed E-state index contributed by atoms with van der Waals surface area (Å²) in [6, 6.07) is 7.77. The first-order valence-corrected chi connectivity index (χ1v) is 8.71. The van der Waals surface area contributed by atoms with E-state index in [1.54, 1.807) is 23.5 Å². The molecule has 110 valence electrons. The third-order valence-electron chi connectivity index (χ3n) is 3.99. The van der Waals surface area contributed by atoms with Crippen molar-refractivity contribution in [3.05, 3.63) is 50.1 Å². The summed E-state index contributed by atoms with van der Waals surface area (Å²) in [6.45, 7) is 2.89. The molecule has 1 aromatic carbocycles. The quantitative estimate of drug-likeness (QED) is 0.809. The molecule has 0 radical (unpaired) electrons. The fourth-order valence-electron chi connectivity index (χ4n) is 2.96. The second kappa shape index (κ2) is 5.81. The molecule has 1 aliphatic rings. The number of benzene rings is 1. The highest BCUT2D eigenvalue weighted by Gasteiger charge is 2.31. The summed E-state index contributed by atoms with van der Waals surface area (Å²) < 4.78 is 0.891. The number of fused-ring (bicyclic) bond motifs is 1. The molecule has 3 rings (SSSR count). The zero-order chi connectivity index (χ0) is 15.0. The van der Waals surface area contributed by atoms with E-state index in [2.05, 4.69) is 34.3 Å². The smallest absolute Gasteiger partial charge is 0.256 e. The standard InChI is InChI=1S/C16H17BrN2OS/c1-2-14-12-6-8-21-15(12)5-7-19(14)16(20)11-4-3-10(17)9-13(11)18/h3-4,6,8-9,14H,2,5,7,18H2,1H3. The number of hydrogen-bond acceptors (Lipinski definition) is 3. The van der Waals surface area contributed by atoms with Crippen LogP contribution in [0.4, 0.5) is 5.69 Å². The number of carbonyl (C=O) groups excluding carboxylic acids is 1. The fourth-order valence-corrected chi connectivity index (χ4v) is 4.27. The molecule has 1 unspecified atom stereocenters. The summed E-state index contributed by atoms with van der Waals surface area (Å²) >= 11 is 5.17. The molecule has 21 heavy (non-hydrogen) atoms. The van der Waals surface area contributed by atoms with Gasteiger partial charge in [-0.15, -0.1) is 11.3 Å². The first-order chi connectivity index (χ1) is 10.1. The normalized spacial score (nSPS) is 17.6. The third kappa shape index (κ3) is 2.60. The minimum absolute atomic E-state index is 0.0312. The Bertz CT molecular complexity index is 683. The molecule has 1 atom stereocenters. The molecular formula is C16H17BrN2OS. The van der Waals surface area contributed by atoms with Gasteiger partial charge in [0.15, 0.2) is 0 Å². The lowest BCUT2D eigenvalue weighted by Crippen LogP contribution is -2.39. The summed E-state index contributed by atoms with van der Waals surface area (Å²) in [5, 5.41) is 2.12. The van der Waals surface area contributed by atoms with Crippen molar-refractivity contribution in [2.24, 2.45) is 0 Å². The molecule has 2 aromatic rings. The third-order valence-corrected chi connectivity index (χ3v) is 5.48. The number of rotatable bonds is 2. The predicted molar refractivity (Wildman–Crippen MR) is 90.6 cm³/mol. The van der Waals surface area contributed by atoms with Crippen LogP contribution in [-0.4, -0.2) is 17.4 Å². The number of nitrogen functional groups attached to an aromatic ring is 1. The van der Waals surface area contributed by atoms with E-state index in [0.717, 1.165) is 23.9 Å². The van der Waals surface area contributed by atoms with Crippen molar-refractivity contribution in [1.82, 2.24) is 4.90 Å². The molecule has 0 spiro atoms. The van der Waals surface area contributed by atoms with E-state index >= 15 is 0 Å². The van der Waals surface area contributed by atoms with Crippen LogP contribution in [0.2, 0.25) is 0 Å². The van der Waals surface area contributed by atoms with Gasteiger partial charge in [-0.25, -0.2) is 0 Å². The predicted octanol–water partition coefficient (Wildman–Crippen LogP) is 4.24. The molecule has 0 fully saturated rings. The number of hydrogen-bond donors (Lipinski definition) is 1. The van der Waals surface area contributed by atoms with Gasteiger partial charge in [0.25, 0.3) is 5.91 Å². The summed E-state index contributed by atoms with van der Waals surface area (Å²) in [4.78, 5) is 16.2. The summed E-state index contributed by atoms with van der Waals surface area (Å²) in [5.41, 5.74) is 8.44. The number of halogens is 1. The first kappa shape index (κ1) is 14.6. The largest absolute Gasteiger partial charge is 0.398 e. The topological polar surface area (TPSA) is 46.3 Å². The molecule has 2 N–H and O–H groups in total. The Hall–Kier alpha value is -1.33. The van der Waals surface area contributed by atoms with Gasteiger partial charge in [0.05, 0.1) is 11.6 Å². The average molecular weight is 365 g/mol. The minimum atomic E-state index is 0.0312. The molecule has 0 bridgehead atoms. The van der Waals surface area contributed by atoms with Gasteiger partial charge in [-0.2, -0.15) is 0 Å². The SMILES string of the molecule is CCC1c2ccsc2CCN1C(=O)c1ccc(Br)cc1N. The second-order valence-electron chi connectivity index (χ2n) is 5.20. The van der Waals surface area contributed by atoms with Crippen LogP contribution in [0.15, 0.2) is 34.1 Å². The average Bonchev–Trinajstić information content (AvgIpc) is 2.94. The van der Waals surface area contributed by atoms with Crippen LogP contribution in [0.25, 0.3) is 0 Å². The molecule has 0 saturated carbocycles. The first-order valence-electron chi connectivity index (χ1n) is 7.04. The Morgan fingerprint density at radius 1 is 1.48 bits per heavy atom. The number of carbonyl (C=O) groups is 1. The highest BCUT2D eigenvalue weighted by atomic mass is 79.9. The minimum Gasteiger partial charge on any atom is -0.398 e. The molecular weight excluding hydrogens is 348 g/mol. The van der Waals surface area contributed by atoms with Crippen LogP contribution >= 0.6 is 27.3 Å². The highest BCUT2D eigenvalue weighted by Crippen LogP contribution is 2.36. The van der Waals surface area contributed by atoms with E-state index < -0.39 is 0 Å². The Morgan fingerprint density at radius 2 is 2.29 bits per heavy atom. The van der Waals surface area contributed by atoms with Crippen LogP contribution in [0.5, 0.6) is 0 Å². The van der Waals surface area contributed by atoms with Crippen molar-refractivity contribution < 1.29 is 4.79 Å². The number of anilines is 1. The molecule has 1 amide bonds. The lowest BCUT2D eigenvalue weighted by molar-refractivity contribution is 0.0658. The Labute approximate surface area is 136 Å². The Balaban J connectivity index is 1.94. The number of nitrogens with zero attached hydrogens (tertiary/aromatic N) is 1. The van der Waals surface area contributed by atoms with Crippen LogP contribution in [0, 0.1) is 0 Å². The molecule has 3 nitrogen and oxygen atoms in total. The van der Waals surface area contributed by atoms with Crippen molar-refractivity contribution in [3.63, 3.8) is 0 Å². The zero-order valence-electron chi connectivity index (χ0n) is 11.8. The Morgan fingerprint density at radius 3 is 3.00 bits per heavy atom. The van der Waals surface area contributed by atoms with E-state index in [1.165, 1.54) is 10.4 Å². The van der Waals surface area contributed by atoms with E-state index in [9.17, 15) is 4.79 Å². The molecule has 2 heterocycles. The maximum absolute atomic E-state index is 12.9. The van der Waals surface area contributed by atoms with E-state index in [1.807, 2.05) is 11.0 Å². The lowest BCUT2D eigenvalue weighted by atomic mass is 9.96. The van der Waals surface area contributed by atoms with Gasteiger partial charge in [0.1, 0.15) is 0 Å².